The van der Waals surface area contributed by atoms with Crippen molar-refractivity contribution >= 4 is 18.1 Å². The van der Waals surface area contributed by atoms with Crippen molar-refractivity contribution < 1.29 is 0 Å². The Labute approximate surface area is 217 Å². The molecule has 0 N–H and O–H groups in total. The van der Waals surface area contributed by atoms with E-state index in [1.54, 1.807) is 0 Å². The van der Waals surface area contributed by atoms with Crippen molar-refractivity contribution in [2.45, 2.75) is 60.3 Å². The van der Waals surface area contributed by atoms with E-state index in [2.05, 4.69) is 125 Å². The zero-order valence-electron chi connectivity index (χ0n) is 22.8. The number of fused-ring (bicyclic) bond motifs is 3. The van der Waals surface area contributed by atoms with Gasteiger partial charge in [0.2, 0.25) is 0 Å². The number of nitrogens with zero attached hydrogens (tertiary/aromatic N) is 3. The molecule has 0 unspecified atom stereocenters. The zero-order chi connectivity index (χ0) is 25.6. The van der Waals surface area contributed by atoms with Crippen LogP contribution < -0.4 is 10.3 Å². The molecular formula is C32H38BN3. The topological polar surface area (TPSA) is 21.1 Å². The van der Waals surface area contributed by atoms with Gasteiger partial charge in [0.05, 0.1) is 0 Å². The van der Waals surface area contributed by atoms with Gasteiger partial charge in [0.15, 0.2) is 0 Å². The maximum Gasteiger partial charge on any atom is 0.417 e. The van der Waals surface area contributed by atoms with E-state index >= 15 is 0 Å². The van der Waals surface area contributed by atoms with Crippen LogP contribution in [0.15, 0.2) is 73.1 Å². The zero-order valence-corrected chi connectivity index (χ0v) is 22.8. The molecule has 184 valence electrons. The maximum absolute atomic E-state index is 4.90. The van der Waals surface area contributed by atoms with Gasteiger partial charge < -0.3 is 9.29 Å². The summed E-state index contributed by atoms with van der Waals surface area (Å²) in [6, 6.07) is 22.4. The van der Waals surface area contributed by atoms with Gasteiger partial charge in [-0.25, -0.2) is 4.98 Å². The molecule has 0 aliphatic carbocycles. The molecular weight excluding hydrogens is 437 g/mol. The van der Waals surface area contributed by atoms with Gasteiger partial charge in [0, 0.05) is 30.2 Å². The highest BCUT2D eigenvalue weighted by atomic mass is 15.2. The van der Waals surface area contributed by atoms with Crippen LogP contribution in [0.1, 0.15) is 70.1 Å². The van der Waals surface area contributed by atoms with Crippen LogP contribution in [0, 0.1) is 12.8 Å². The molecule has 2 heterocycles. The van der Waals surface area contributed by atoms with Crippen LogP contribution in [-0.2, 0) is 0 Å². The number of hydrogen-bond acceptors (Lipinski definition) is 2. The Kier molecular flexibility index (Phi) is 6.55. The van der Waals surface area contributed by atoms with E-state index in [0.29, 0.717) is 17.8 Å². The first-order valence-corrected chi connectivity index (χ1v) is 13.4. The summed E-state index contributed by atoms with van der Waals surface area (Å²) in [5.41, 5.74) is 10.7. The number of rotatable bonds is 6. The van der Waals surface area contributed by atoms with Gasteiger partial charge in [-0.15, -0.1) is 0 Å². The van der Waals surface area contributed by atoms with E-state index in [0.717, 1.165) is 12.4 Å². The minimum Gasteiger partial charge on any atom is -0.391 e. The quantitative estimate of drug-likeness (QED) is 0.269. The Bertz CT molecular complexity index is 1340. The van der Waals surface area contributed by atoms with Gasteiger partial charge in [0.25, 0.3) is 0 Å². The molecule has 1 aromatic heterocycles. The average molecular weight is 475 g/mol. The third kappa shape index (κ3) is 4.17. The summed E-state index contributed by atoms with van der Waals surface area (Å²) >= 11 is 0. The highest BCUT2D eigenvalue weighted by Crippen LogP contribution is 2.39. The number of anilines is 1. The summed E-state index contributed by atoms with van der Waals surface area (Å²) in [4.78, 5) is 7.53. The van der Waals surface area contributed by atoms with E-state index in [-0.39, 0.29) is 6.98 Å². The van der Waals surface area contributed by atoms with Gasteiger partial charge >= 0.3 is 6.98 Å². The highest BCUT2D eigenvalue weighted by molar-refractivity contribution is 6.77. The second kappa shape index (κ2) is 9.65. The van der Waals surface area contributed by atoms with Crippen LogP contribution in [0.25, 0.3) is 22.5 Å². The third-order valence-corrected chi connectivity index (χ3v) is 7.43. The molecule has 0 amide bonds. The molecule has 0 saturated heterocycles. The fraction of sp³-hybridized carbons (Fsp3) is 0.344. The lowest BCUT2D eigenvalue weighted by Gasteiger charge is -2.41. The molecule has 0 fully saturated rings. The fourth-order valence-electron chi connectivity index (χ4n) is 5.80. The molecule has 0 atom stereocenters. The molecule has 5 rings (SSSR count). The Morgan fingerprint density at radius 2 is 1.47 bits per heavy atom. The van der Waals surface area contributed by atoms with Crippen LogP contribution in [-0.4, -0.2) is 23.0 Å². The Hall–Kier alpha value is -3.27. The molecule has 0 bridgehead atoms. The molecule has 3 aromatic carbocycles. The molecule has 3 nitrogen and oxygen atoms in total. The predicted octanol–water partition coefficient (Wildman–Crippen LogP) is 7.49. The van der Waals surface area contributed by atoms with Crippen molar-refractivity contribution in [3.8, 4) is 22.5 Å². The van der Waals surface area contributed by atoms with Gasteiger partial charge in [-0.1, -0.05) is 96.1 Å². The summed E-state index contributed by atoms with van der Waals surface area (Å²) in [6.07, 6.45) is 4.15. The summed E-state index contributed by atoms with van der Waals surface area (Å²) in [5, 5.41) is 0. The summed E-state index contributed by atoms with van der Waals surface area (Å²) in [5.74, 6) is 2.39. The Balaban J connectivity index is 1.82. The number of aromatic nitrogens is 2. The Morgan fingerprint density at radius 3 is 2.08 bits per heavy atom. The summed E-state index contributed by atoms with van der Waals surface area (Å²) in [7, 11) is 0. The van der Waals surface area contributed by atoms with Crippen molar-refractivity contribution in [1.29, 1.82) is 0 Å². The molecule has 4 heteroatoms. The third-order valence-electron chi connectivity index (χ3n) is 7.43. The van der Waals surface area contributed by atoms with Gasteiger partial charge in [-0.2, -0.15) is 0 Å². The lowest BCUT2D eigenvalue weighted by atomic mass is 9.57. The molecule has 1 aliphatic heterocycles. The molecule has 1 aliphatic rings. The van der Waals surface area contributed by atoms with E-state index in [1.165, 1.54) is 44.5 Å². The first-order chi connectivity index (χ1) is 17.3. The largest absolute Gasteiger partial charge is 0.417 e. The normalized spacial score (nSPS) is 13.1. The van der Waals surface area contributed by atoms with Crippen LogP contribution in [0.3, 0.4) is 0 Å². The van der Waals surface area contributed by atoms with E-state index in [9.17, 15) is 0 Å². The lowest BCUT2D eigenvalue weighted by molar-refractivity contribution is 0.657. The molecule has 0 saturated carbocycles. The first kappa shape index (κ1) is 24.4. The lowest BCUT2D eigenvalue weighted by Crippen LogP contribution is -2.59. The number of imidazole rings is 1. The maximum atomic E-state index is 4.90. The monoisotopic (exact) mass is 475 g/mol. The Morgan fingerprint density at radius 1 is 0.806 bits per heavy atom. The van der Waals surface area contributed by atoms with Crippen molar-refractivity contribution in [2.24, 2.45) is 5.92 Å². The molecule has 4 aromatic rings. The van der Waals surface area contributed by atoms with Crippen LogP contribution in [0.2, 0.25) is 0 Å². The average Bonchev–Trinajstić information content (AvgIpc) is 3.33. The van der Waals surface area contributed by atoms with E-state index in [1.807, 2.05) is 6.20 Å². The van der Waals surface area contributed by atoms with Crippen molar-refractivity contribution in [3.05, 3.63) is 89.7 Å². The molecule has 0 spiro atoms. The van der Waals surface area contributed by atoms with Crippen molar-refractivity contribution in [3.63, 3.8) is 0 Å². The number of aryl methyl sites for hydroxylation is 1. The van der Waals surface area contributed by atoms with E-state index < -0.39 is 0 Å². The smallest absolute Gasteiger partial charge is 0.391 e. The predicted molar refractivity (Wildman–Crippen MR) is 155 cm³/mol. The van der Waals surface area contributed by atoms with Crippen LogP contribution in [0.5, 0.6) is 0 Å². The van der Waals surface area contributed by atoms with Crippen molar-refractivity contribution in [1.82, 2.24) is 9.46 Å². The molecule has 36 heavy (non-hydrogen) atoms. The standard InChI is InChI=1S/C32H38BN3/c1-21(2)20-36-29-15-11-12-24(7)30(29)32-34-16-17-35(32)33(36)31-27(22(3)4)18-26(19-28(31)23(5)6)25-13-9-8-10-14-25/h8-19,21-23H,20H2,1-7H3. The molecule has 0 radical (unpaired) electrons. The van der Waals surface area contributed by atoms with Gasteiger partial charge in [0.1, 0.15) is 5.82 Å². The van der Waals surface area contributed by atoms with Crippen molar-refractivity contribution in [2.75, 3.05) is 11.4 Å². The van der Waals surface area contributed by atoms with Gasteiger partial charge in [-0.3, -0.25) is 0 Å². The van der Waals surface area contributed by atoms with Gasteiger partial charge in [-0.05, 0) is 64.0 Å². The SMILES string of the molecule is Cc1cccc2c1-c1nccn1B(c1c(C(C)C)cc(-c3ccccc3)cc1C(C)C)N2CC(C)C. The fourth-order valence-corrected chi connectivity index (χ4v) is 5.80. The minimum absolute atomic E-state index is 0.0684. The van der Waals surface area contributed by atoms with Crippen LogP contribution >= 0.6 is 0 Å². The second-order valence-electron chi connectivity index (χ2n) is 11.3. The summed E-state index contributed by atoms with van der Waals surface area (Å²) in [6.45, 7) is 17.2. The summed E-state index contributed by atoms with van der Waals surface area (Å²) < 4.78 is 2.42. The number of benzene rings is 3. The van der Waals surface area contributed by atoms with E-state index in [4.69, 9.17) is 4.98 Å². The highest BCUT2D eigenvalue weighted by Gasteiger charge is 2.41. The minimum atomic E-state index is 0.0684. The van der Waals surface area contributed by atoms with Crippen LogP contribution in [0.4, 0.5) is 5.69 Å². The number of hydrogen-bond donors (Lipinski definition) is 0. The second-order valence-corrected chi connectivity index (χ2v) is 11.3. The first-order valence-electron chi connectivity index (χ1n) is 13.4.